The maximum atomic E-state index is 11.7. The molecule has 16 heavy (non-hydrogen) atoms. The van der Waals surface area contributed by atoms with E-state index in [4.69, 9.17) is 9.84 Å². The minimum absolute atomic E-state index is 0.0115. The largest absolute Gasteiger partial charge is 0.480 e. The van der Waals surface area contributed by atoms with Gasteiger partial charge in [0.1, 0.15) is 4.75 Å². The molecule has 0 saturated carbocycles. The molecule has 0 aliphatic carbocycles. The van der Waals surface area contributed by atoms with Gasteiger partial charge in [0.25, 0.3) is 0 Å². The van der Waals surface area contributed by atoms with Gasteiger partial charge >= 0.3 is 5.97 Å². The molecule has 6 heteroatoms. The van der Waals surface area contributed by atoms with Gasteiger partial charge in [-0.05, 0) is 13.8 Å². The maximum absolute atomic E-state index is 11.7. The second-order valence-electron chi connectivity index (χ2n) is 4.10. The molecule has 0 aromatic carbocycles. The third-order valence-electron chi connectivity index (χ3n) is 2.44. The summed E-state index contributed by atoms with van der Waals surface area (Å²) in [6, 6.07) is 0. The van der Waals surface area contributed by atoms with Gasteiger partial charge in [0, 0.05) is 13.1 Å². The van der Waals surface area contributed by atoms with Gasteiger partial charge in [-0.1, -0.05) is 0 Å². The van der Waals surface area contributed by atoms with Crippen molar-refractivity contribution in [3.8, 4) is 0 Å². The predicted octanol–water partition coefficient (Wildman–Crippen LogP) is 0.442. The number of rotatable bonds is 4. The van der Waals surface area contributed by atoms with E-state index in [1.807, 2.05) is 0 Å². The number of carbonyl (C=O) groups excluding carboxylic acids is 1. The summed E-state index contributed by atoms with van der Waals surface area (Å²) in [4.78, 5) is 24.3. The minimum Gasteiger partial charge on any atom is -0.480 e. The number of amides is 1. The fourth-order valence-corrected chi connectivity index (χ4v) is 2.00. The van der Waals surface area contributed by atoms with Crippen LogP contribution in [0, 0.1) is 0 Å². The summed E-state index contributed by atoms with van der Waals surface area (Å²) in [6.07, 6.45) is 0. The molecule has 1 rings (SSSR count). The average Bonchev–Trinajstić information content (AvgIpc) is 2.27. The molecule has 1 heterocycles. The first kappa shape index (κ1) is 13.3. The van der Waals surface area contributed by atoms with Crippen molar-refractivity contribution < 1.29 is 19.4 Å². The zero-order valence-electron chi connectivity index (χ0n) is 9.56. The summed E-state index contributed by atoms with van der Waals surface area (Å²) in [5.41, 5.74) is 0. The smallest absolute Gasteiger partial charge is 0.319 e. The van der Waals surface area contributed by atoms with Gasteiger partial charge in [0.15, 0.2) is 0 Å². The molecule has 1 saturated heterocycles. The number of aliphatic carboxylic acids is 1. The van der Waals surface area contributed by atoms with E-state index in [0.29, 0.717) is 26.3 Å². The molecular weight excluding hydrogens is 230 g/mol. The van der Waals surface area contributed by atoms with Crippen molar-refractivity contribution in [3.05, 3.63) is 0 Å². The van der Waals surface area contributed by atoms with E-state index in [1.165, 1.54) is 0 Å². The Kier molecular flexibility index (Phi) is 4.61. The average molecular weight is 247 g/mol. The number of hydrogen-bond donors (Lipinski definition) is 1. The highest BCUT2D eigenvalue weighted by atomic mass is 32.2. The van der Waals surface area contributed by atoms with Crippen molar-refractivity contribution in [3.63, 3.8) is 0 Å². The van der Waals surface area contributed by atoms with Crippen LogP contribution in [0.15, 0.2) is 0 Å². The molecule has 92 valence electrons. The van der Waals surface area contributed by atoms with Gasteiger partial charge in [-0.3, -0.25) is 9.59 Å². The SMILES string of the molecule is CC(C)(SCC(=O)N1CCOCC1)C(=O)O. The van der Waals surface area contributed by atoms with Crippen molar-refractivity contribution >= 4 is 23.6 Å². The van der Waals surface area contributed by atoms with Gasteiger partial charge in [-0.15, -0.1) is 11.8 Å². The predicted molar refractivity (Wildman–Crippen MR) is 61.6 cm³/mol. The summed E-state index contributed by atoms with van der Waals surface area (Å²) in [5, 5.41) is 8.90. The molecule has 1 N–H and O–H groups in total. The van der Waals surface area contributed by atoms with Crippen LogP contribution in [-0.2, 0) is 14.3 Å². The van der Waals surface area contributed by atoms with Crippen LogP contribution in [0.1, 0.15) is 13.8 Å². The standard InChI is InChI=1S/C10H17NO4S/c1-10(2,9(13)14)16-7-8(12)11-3-5-15-6-4-11/h3-7H2,1-2H3,(H,13,14). The third-order valence-corrected chi connectivity index (χ3v) is 3.72. The Morgan fingerprint density at radius 3 is 2.44 bits per heavy atom. The summed E-state index contributed by atoms with van der Waals surface area (Å²) in [7, 11) is 0. The van der Waals surface area contributed by atoms with Gasteiger partial charge < -0.3 is 14.7 Å². The number of nitrogens with zero attached hydrogens (tertiary/aromatic N) is 1. The van der Waals surface area contributed by atoms with Crippen molar-refractivity contribution in [1.82, 2.24) is 4.90 Å². The van der Waals surface area contributed by atoms with Crippen LogP contribution >= 0.6 is 11.8 Å². The molecule has 0 radical (unpaired) electrons. The van der Waals surface area contributed by atoms with E-state index in [9.17, 15) is 9.59 Å². The molecule has 1 aliphatic heterocycles. The van der Waals surface area contributed by atoms with E-state index in [-0.39, 0.29) is 11.7 Å². The second-order valence-corrected chi connectivity index (χ2v) is 5.70. The molecule has 1 amide bonds. The minimum atomic E-state index is -0.915. The molecule has 0 aromatic rings. The molecule has 5 nitrogen and oxygen atoms in total. The number of carboxylic acids is 1. The molecule has 0 unspecified atom stereocenters. The molecule has 1 fully saturated rings. The Bertz CT molecular complexity index is 274. The van der Waals surface area contributed by atoms with Crippen LogP contribution < -0.4 is 0 Å². The summed E-state index contributed by atoms with van der Waals surface area (Å²) in [5.74, 6) is -0.700. The Balaban J connectivity index is 2.37. The zero-order chi connectivity index (χ0) is 12.2. The van der Waals surface area contributed by atoms with Crippen LogP contribution in [0.2, 0.25) is 0 Å². The summed E-state index contributed by atoms with van der Waals surface area (Å²) >= 11 is 1.16. The van der Waals surface area contributed by atoms with Gasteiger partial charge in [0.2, 0.25) is 5.91 Å². The first-order valence-corrected chi connectivity index (χ1v) is 6.15. The van der Waals surface area contributed by atoms with Crippen molar-refractivity contribution in [2.45, 2.75) is 18.6 Å². The highest BCUT2D eigenvalue weighted by Crippen LogP contribution is 2.24. The Morgan fingerprint density at radius 1 is 1.38 bits per heavy atom. The lowest BCUT2D eigenvalue weighted by atomic mass is 10.2. The molecule has 0 aromatic heterocycles. The molecule has 0 bridgehead atoms. The number of carbonyl (C=O) groups is 2. The summed E-state index contributed by atoms with van der Waals surface area (Å²) in [6.45, 7) is 5.55. The quantitative estimate of drug-likeness (QED) is 0.781. The first-order valence-electron chi connectivity index (χ1n) is 5.16. The second kappa shape index (κ2) is 5.54. The van der Waals surface area contributed by atoms with Crippen LogP contribution in [0.3, 0.4) is 0 Å². The maximum Gasteiger partial charge on any atom is 0.319 e. The lowest BCUT2D eigenvalue weighted by Crippen LogP contribution is -2.42. The topological polar surface area (TPSA) is 66.8 Å². The van der Waals surface area contributed by atoms with Crippen molar-refractivity contribution in [1.29, 1.82) is 0 Å². The van der Waals surface area contributed by atoms with Gasteiger partial charge in [0.05, 0.1) is 19.0 Å². The van der Waals surface area contributed by atoms with Gasteiger partial charge in [-0.25, -0.2) is 0 Å². The number of thioether (sulfide) groups is 1. The normalized spacial score (nSPS) is 17.2. The lowest BCUT2D eigenvalue weighted by molar-refractivity contribution is -0.138. The van der Waals surface area contributed by atoms with E-state index in [1.54, 1.807) is 18.7 Å². The van der Waals surface area contributed by atoms with Crippen LogP contribution in [0.5, 0.6) is 0 Å². The Hall–Kier alpha value is -0.750. The molecule has 0 spiro atoms. The van der Waals surface area contributed by atoms with E-state index in [0.717, 1.165) is 11.8 Å². The Morgan fingerprint density at radius 2 is 1.94 bits per heavy atom. The van der Waals surface area contributed by atoms with E-state index >= 15 is 0 Å². The highest BCUT2D eigenvalue weighted by Gasteiger charge is 2.29. The van der Waals surface area contributed by atoms with Crippen molar-refractivity contribution in [2.75, 3.05) is 32.1 Å². The fourth-order valence-electron chi connectivity index (χ4n) is 1.21. The molecule has 1 aliphatic rings. The van der Waals surface area contributed by atoms with Crippen LogP contribution in [0.25, 0.3) is 0 Å². The van der Waals surface area contributed by atoms with Crippen LogP contribution in [0.4, 0.5) is 0 Å². The molecule has 0 atom stereocenters. The fraction of sp³-hybridized carbons (Fsp3) is 0.800. The van der Waals surface area contributed by atoms with Gasteiger partial charge in [-0.2, -0.15) is 0 Å². The number of morpholine rings is 1. The number of ether oxygens (including phenoxy) is 1. The van der Waals surface area contributed by atoms with E-state index < -0.39 is 10.7 Å². The zero-order valence-corrected chi connectivity index (χ0v) is 10.4. The Labute approximate surface area is 99.1 Å². The van der Waals surface area contributed by atoms with Crippen LogP contribution in [-0.4, -0.2) is 58.7 Å². The lowest BCUT2D eigenvalue weighted by Gasteiger charge is -2.28. The third kappa shape index (κ3) is 3.68. The molecular formula is C10H17NO4S. The highest BCUT2D eigenvalue weighted by molar-refractivity contribution is 8.01. The monoisotopic (exact) mass is 247 g/mol. The first-order chi connectivity index (χ1) is 7.43. The number of carboxylic acid groups (broad SMARTS) is 1. The van der Waals surface area contributed by atoms with Crippen molar-refractivity contribution in [2.24, 2.45) is 0 Å². The number of hydrogen-bond acceptors (Lipinski definition) is 4. The summed E-state index contributed by atoms with van der Waals surface area (Å²) < 4.78 is 4.22. The van der Waals surface area contributed by atoms with E-state index in [2.05, 4.69) is 0 Å².